The SMILES string of the molecule is O=P(Cl)(Cl)Oc1ccccc1.c1nc[nH]n1. The molecular weight excluding hydrogens is 272 g/mol. The molecule has 0 bridgehead atoms. The van der Waals surface area contributed by atoms with E-state index in [1.807, 2.05) is 0 Å². The molecule has 1 N–H and O–H groups in total. The first-order chi connectivity index (χ1) is 7.58. The van der Waals surface area contributed by atoms with E-state index in [0.29, 0.717) is 5.75 Å². The number of nitrogens with zero attached hydrogens (tertiary/aromatic N) is 2. The smallest absolute Gasteiger partial charge is 0.422 e. The van der Waals surface area contributed by atoms with Crippen LogP contribution in [0.25, 0.3) is 0 Å². The minimum absolute atomic E-state index is 0.404. The van der Waals surface area contributed by atoms with Crippen molar-refractivity contribution in [2.75, 3.05) is 0 Å². The Bertz CT molecular complexity index is 415. The average molecular weight is 280 g/mol. The maximum Gasteiger partial charge on any atom is 0.428 e. The van der Waals surface area contributed by atoms with Crippen molar-refractivity contribution >= 4 is 28.6 Å². The van der Waals surface area contributed by atoms with Gasteiger partial charge in [-0.3, -0.25) is 5.10 Å². The summed E-state index contributed by atoms with van der Waals surface area (Å²) < 4.78 is 15.4. The van der Waals surface area contributed by atoms with Gasteiger partial charge in [-0.25, -0.2) is 9.55 Å². The summed E-state index contributed by atoms with van der Waals surface area (Å²) in [6.07, 6.45) is -0.485. The van der Waals surface area contributed by atoms with Gasteiger partial charge in [0.1, 0.15) is 18.4 Å². The molecule has 2 aromatic rings. The number of hydrogen-bond acceptors (Lipinski definition) is 4. The van der Waals surface area contributed by atoms with E-state index in [0.717, 1.165) is 0 Å². The lowest BCUT2D eigenvalue weighted by Gasteiger charge is -2.03. The number of benzene rings is 1. The molecule has 0 atom stereocenters. The van der Waals surface area contributed by atoms with Crippen LogP contribution in [0, 0.1) is 0 Å². The summed E-state index contributed by atoms with van der Waals surface area (Å²) in [5, 5.41) is 5.99. The monoisotopic (exact) mass is 279 g/mol. The molecule has 1 aromatic heterocycles. The Morgan fingerprint density at radius 3 is 2.31 bits per heavy atom. The Kier molecular flexibility index (Phi) is 5.32. The lowest BCUT2D eigenvalue weighted by Crippen LogP contribution is -1.79. The summed E-state index contributed by atoms with van der Waals surface area (Å²) in [4.78, 5) is 3.56. The van der Waals surface area contributed by atoms with E-state index in [4.69, 9.17) is 22.5 Å². The number of aromatic amines is 1. The molecule has 0 saturated heterocycles. The molecule has 86 valence electrons. The first kappa shape index (κ1) is 13.0. The molecule has 0 radical (unpaired) electrons. The molecule has 1 aromatic carbocycles. The fraction of sp³-hybridized carbons (Fsp3) is 0. The number of para-hydroxylation sites is 1. The van der Waals surface area contributed by atoms with E-state index < -0.39 is 6.07 Å². The van der Waals surface area contributed by atoms with Crippen LogP contribution in [-0.2, 0) is 4.57 Å². The van der Waals surface area contributed by atoms with Gasteiger partial charge in [0.25, 0.3) is 0 Å². The second kappa shape index (κ2) is 6.53. The molecule has 0 fully saturated rings. The van der Waals surface area contributed by atoms with Gasteiger partial charge < -0.3 is 4.52 Å². The third kappa shape index (κ3) is 6.45. The zero-order valence-corrected chi connectivity index (χ0v) is 10.4. The lowest BCUT2D eigenvalue weighted by atomic mass is 10.3. The van der Waals surface area contributed by atoms with Crippen LogP contribution >= 0.6 is 28.6 Å². The van der Waals surface area contributed by atoms with Crippen LogP contribution in [0.3, 0.4) is 0 Å². The van der Waals surface area contributed by atoms with E-state index in [2.05, 4.69) is 19.7 Å². The molecule has 2 rings (SSSR count). The molecular formula is C8H8Cl2N3O2P. The minimum Gasteiger partial charge on any atom is -0.422 e. The quantitative estimate of drug-likeness (QED) is 0.855. The van der Waals surface area contributed by atoms with Crippen LogP contribution in [0.1, 0.15) is 0 Å². The second-order valence-corrected chi connectivity index (χ2v) is 6.67. The molecule has 0 saturated carbocycles. The van der Waals surface area contributed by atoms with Crippen LogP contribution in [0.4, 0.5) is 0 Å². The fourth-order valence-electron chi connectivity index (χ4n) is 0.771. The summed E-state index contributed by atoms with van der Waals surface area (Å²) >= 11 is 10.3. The van der Waals surface area contributed by atoms with Crippen molar-refractivity contribution in [3.05, 3.63) is 43.0 Å². The third-order valence-electron chi connectivity index (χ3n) is 1.29. The largest absolute Gasteiger partial charge is 0.428 e. The third-order valence-corrected chi connectivity index (χ3v) is 2.12. The predicted molar refractivity (Wildman–Crippen MR) is 62.8 cm³/mol. The van der Waals surface area contributed by atoms with Crippen LogP contribution in [0.15, 0.2) is 43.0 Å². The molecule has 0 aliphatic heterocycles. The van der Waals surface area contributed by atoms with Gasteiger partial charge in [-0.2, -0.15) is 5.10 Å². The van der Waals surface area contributed by atoms with E-state index in [1.54, 1.807) is 30.3 Å². The van der Waals surface area contributed by atoms with Gasteiger partial charge in [0.2, 0.25) is 0 Å². The highest BCUT2D eigenvalue weighted by molar-refractivity contribution is 8.05. The molecule has 5 nitrogen and oxygen atoms in total. The van der Waals surface area contributed by atoms with Gasteiger partial charge in [-0.1, -0.05) is 18.2 Å². The summed E-state index contributed by atoms with van der Waals surface area (Å²) in [5.74, 6) is 0.404. The van der Waals surface area contributed by atoms with Crippen molar-refractivity contribution in [2.45, 2.75) is 0 Å². The summed E-state index contributed by atoms with van der Waals surface area (Å²) in [6, 6.07) is 8.52. The minimum atomic E-state index is -3.44. The predicted octanol–water partition coefficient (Wildman–Crippen LogP) is 3.46. The van der Waals surface area contributed by atoms with Gasteiger partial charge in [-0.15, -0.1) is 0 Å². The first-order valence-corrected chi connectivity index (χ1v) is 7.54. The number of H-pyrrole nitrogens is 1. The van der Waals surface area contributed by atoms with E-state index in [-0.39, 0.29) is 0 Å². The van der Waals surface area contributed by atoms with Gasteiger partial charge in [0, 0.05) is 22.5 Å². The van der Waals surface area contributed by atoms with Crippen molar-refractivity contribution in [1.82, 2.24) is 15.2 Å². The number of nitrogens with one attached hydrogen (secondary N) is 1. The standard InChI is InChI=1S/C6H5Cl2O2P.C2H3N3/c7-11(8,9)10-6-4-2-1-3-5-6;1-3-2-5-4-1/h1-5H;1-2H,(H,3,4,5). The van der Waals surface area contributed by atoms with Crippen molar-refractivity contribution in [3.8, 4) is 5.75 Å². The van der Waals surface area contributed by atoms with Gasteiger partial charge in [0.15, 0.2) is 0 Å². The highest BCUT2D eigenvalue weighted by Crippen LogP contribution is 2.56. The van der Waals surface area contributed by atoms with Crippen molar-refractivity contribution in [1.29, 1.82) is 0 Å². The molecule has 1 heterocycles. The second-order valence-electron chi connectivity index (χ2n) is 2.47. The van der Waals surface area contributed by atoms with Crippen LogP contribution < -0.4 is 4.52 Å². The lowest BCUT2D eigenvalue weighted by molar-refractivity contribution is 0.513. The Balaban J connectivity index is 0.000000212. The van der Waals surface area contributed by atoms with Gasteiger partial charge >= 0.3 is 6.07 Å². The number of rotatable bonds is 2. The van der Waals surface area contributed by atoms with E-state index in [1.165, 1.54) is 12.7 Å². The van der Waals surface area contributed by atoms with Gasteiger partial charge in [0.05, 0.1) is 0 Å². The van der Waals surface area contributed by atoms with E-state index >= 15 is 0 Å². The Labute approximate surface area is 102 Å². The van der Waals surface area contributed by atoms with Crippen molar-refractivity contribution < 1.29 is 9.09 Å². The Morgan fingerprint density at radius 1 is 1.25 bits per heavy atom. The number of aromatic nitrogens is 3. The molecule has 16 heavy (non-hydrogen) atoms. The Morgan fingerprint density at radius 2 is 1.94 bits per heavy atom. The maximum atomic E-state index is 10.7. The highest BCUT2D eigenvalue weighted by atomic mass is 35.9. The van der Waals surface area contributed by atoms with E-state index in [9.17, 15) is 4.57 Å². The summed E-state index contributed by atoms with van der Waals surface area (Å²) in [6.45, 7) is 0. The van der Waals surface area contributed by atoms with Crippen LogP contribution in [-0.4, -0.2) is 15.2 Å². The molecule has 0 spiro atoms. The highest BCUT2D eigenvalue weighted by Gasteiger charge is 2.15. The molecule has 0 amide bonds. The summed E-state index contributed by atoms with van der Waals surface area (Å²) in [5.41, 5.74) is 0. The Hall–Kier alpha value is -1.03. The number of halogens is 2. The maximum absolute atomic E-state index is 10.7. The zero-order valence-electron chi connectivity index (χ0n) is 7.96. The van der Waals surface area contributed by atoms with Crippen LogP contribution in [0.2, 0.25) is 0 Å². The average Bonchev–Trinajstić information content (AvgIpc) is 2.74. The topological polar surface area (TPSA) is 67.9 Å². The van der Waals surface area contributed by atoms with Crippen molar-refractivity contribution in [2.24, 2.45) is 0 Å². The molecule has 8 heteroatoms. The fourth-order valence-corrected chi connectivity index (χ4v) is 1.62. The number of hydrogen-bond donors (Lipinski definition) is 1. The molecule has 0 aliphatic carbocycles. The zero-order chi connectivity index (χ0) is 11.9. The summed E-state index contributed by atoms with van der Waals surface area (Å²) in [7, 11) is 0. The normalized spacial score (nSPS) is 10.1. The molecule has 0 unspecified atom stereocenters. The first-order valence-electron chi connectivity index (χ1n) is 4.10. The van der Waals surface area contributed by atoms with Crippen LogP contribution in [0.5, 0.6) is 5.75 Å². The van der Waals surface area contributed by atoms with Crippen molar-refractivity contribution in [3.63, 3.8) is 0 Å². The van der Waals surface area contributed by atoms with Gasteiger partial charge in [-0.05, 0) is 12.1 Å². The molecule has 0 aliphatic rings.